The van der Waals surface area contributed by atoms with E-state index in [2.05, 4.69) is 6.58 Å². The fraction of sp³-hybridized carbons (Fsp3) is 0. The van der Waals surface area contributed by atoms with E-state index in [4.69, 9.17) is 10.2 Å². The van der Waals surface area contributed by atoms with E-state index in [0.29, 0.717) is 0 Å². The molecule has 5 heteroatoms. The van der Waals surface area contributed by atoms with Crippen molar-refractivity contribution in [2.75, 3.05) is 0 Å². The predicted molar refractivity (Wildman–Crippen MR) is 29.4 cm³/mol. The molecular formula is C4H7NO4. The maximum absolute atomic E-state index is 9.66. The minimum absolute atomic E-state index is 0. The van der Waals surface area contributed by atoms with Crippen LogP contribution < -0.4 is 6.15 Å². The molecule has 0 aliphatic heterocycles. The highest BCUT2D eigenvalue weighted by molar-refractivity contribution is 6.11. The fourth-order valence-corrected chi connectivity index (χ4v) is 0.0915. The summed E-state index contributed by atoms with van der Waals surface area (Å²) in [6, 6.07) is 0. The quantitative estimate of drug-likeness (QED) is 0.276. The number of carboxylic acid groups (broad SMARTS) is 2. The third kappa shape index (κ3) is 3.24. The van der Waals surface area contributed by atoms with Gasteiger partial charge in [0.15, 0.2) is 0 Å². The van der Waals surface area contributed by atoms with Crippen molar-refractivity contribution in [3.63, 3.8) is 0 Å². The highest BCUT2D eigenvalue weighted by Gasteiger charge is 2.10. The van der Waals surface area contributed by atoms with Gasteiger partial charge in [-0.15, -0.1) is 0 Å². The average Bonchev–Trinajstić information content (AvgIpc) is 1.64. The molecule has 0 aromatic heterocycles. The lowest BCUT2D eigenvalue weighted by atomic mass is 10.3. The van der Waals surface area contributed by atoms with Crippen molar-refractivity contribution in [2.24, 2.45) is 0 Å². The van der Waals surface area contributed by atoms with Gasteiger partial charge in [0, 0.05) is 0 Å². The zero-order chi connectivity index (χ0) is 6.73. The molecule has 0 rings (SSSR count). The summed E-state index contributed by atoms with van der Waals surface area (Å²) in [7, 11) is 0. The van der Waals surface area contributed by atoms with Gasteiger partial charge in [-0.25, -0.2) is 9.59 Å². The smallest absolute Gasteiger partial charge is 0.342 e. The molecule has 0 amide bonds. The number of aliphatic carboxylic acids is 2. The highest BCUT2D eigenvalue weighted by Crippen LogP contribution is 1.86. The van der Waals surface area contributed by atoms with Gasteiger partial charge >= 0.3 is 11.9 Å². The summed E-state index contributed by atoms with van der Waals surface area (Å²) in [6.45, 7) is 2.75. The lowest BCUT2D eigenvalue weighted by Crippen LogP contribution is -2.08. The van der Waals surface area contributed by atoms with Crippen molar-refractivity contribution in [3.8, 4) is 0 Å². The van der Waals surface area contributed by atoms with Gasteiger partial charge in [0.1, 0.15) is 5.57 Å². The molecule has 52 valence electrons. The van der Waals surface area contributed by atoms with Gasteiger partial charge in [0.2, 0.25) is 0 Å². The summed E-state index contributed by atoms with van der Waals surface area (Å²) in [6.07, 6.45) is 0. The highest BCUT2D eigenvalue weighted by atomic mass is 16.4. The van der Waals surface area contributed by atoms with Gasteiger partial charge in [-0.3, -0.25) is 0 Å². The molecule has 5 N–H and O–H groups in total. The first kappa shape index (κ1) is 10.6. The molecule has 0 saturated carbocycles. The first-order valence-electron chi connectivity index (χ1n) is 1.71. The van der Waals surface area contributed by atoms with Crippen LogP contribution >= 0.6 is 0 Å². The minimum atomic E-state index is -1.50. The molecular weight excluding hydrogens is 126 g/mol. The van der Waals surface area contributed by atoms with Gasteiger partial charge in [-0.1, -0.05) is 6.58 Å². The van der Waals surface area contributed by atoms with Gasteiger partial charge < -0.3 is 16.4 Å². The van der Waals surface area contributed by atoms with Crippen molar-refractivity contribution < 1.29 is 19.8 Å². The van der Waals surface area contributed by atoms with Crippen molar-refractivity contribution in [1.29, 1.82) is 0 Å². The van der Waals surface area contributed by atoms with Crippen LogP contribution in [0.15, 0.2) is 12.2 Å². The van der Waals surface area contributed by atoms with Crippen LogP contribution in [0.2, 0.25) is 0 Å². The lowest BCUT2D eigenvalue weighted by Gasteiger charge is -1.86. The number of hydrogen-bond acceptors (Lipinski definition) is 3. The van der Waals surface area contributed by atoms with Crippen LogP contribution in [-0.2, 0) is 9.59 Å². The Kier molecular flexibility index (Phi) is 4.26. The first-order valence-corrected chi connectivity index (χ1v) is 1.71. The third-order valence-electron chi connectivity index (χ3n) is 0.516. The molecule has 0 unspecified atom stereocenters. The molecule has 5 nitrogen and oxygen atoms in total. The van der Waals surface area contributed by atoms with Crippen molar-refractivity contribution in [1.82, 2.24) is 6.15 Å². The Morgan fingerprint density at radius 1 is 1.11 bits per heavy atom. The molecule has 0 aromatic carbocycles. The van der Waals surface area contributed by atoms with Crippen LogP contribution in [0.25, 0.3) is 0 Å². The van der Waals surface area contributed by atoms with Crippen molar-refractivity contribution >= 4 is 11.9 Å². The Morgan fingerprint density at radius 2 is 1.33 bits per heavy atom. The number of carbonyl (C=O) groups is 2. The number of carboxylic acids is 2. The summed E-state index contributed by atoms with van der Waals surface area (Å²) in [4.78, 5) is 19.3. The van der Waals surface area contributed by atoms with E-state index in [1.807, 2.05) is 0 Å². The van der Waals surface area contributed by atoms with E-state index in [9.17, 15) is 9.59 Å². The Bertz CT molecular complexity index is 135. The Morgan fingerprint density at radius 3 is 1.33 bits per heavy atom. The molecule has 0 bridgehead atoms. The van der Waals surface area contributed by atoms with E-state index in [0.717, 1.165) is 0 Å². The summed E-state index contributed by atoms with van der Waals surface area (Å²) in [5.74, 6) is -3.00. The summed E-state index contributed by atoms with van der Waals surface area (Å²) < 4.78 is 0. The SMILES string of the molecule is C=C(C(=O)O)C(=O)O.N. The van der Waals surface area contributed by atoms with Gasteiger partial charge in [0.05, 0.1) is 0 Å². The van der Waals surface area contributed by atoms with Gasteiger partial charge in [0.25, 0.3) is 0 Å². The minimum Gasteiger partial charge on any atom is -0.477 e. The topological polar surface area (TPSA) is 110 Å². The maximum atomic E-state index is 9.66. The molecule has 0 saturated heterocycles. The summed E-state index contributed by atoms with van der Waals surface area (Å²) in [5.41, 5.74) is -0.815. The van der Waals surface area contributed by atoms with E-state index in [1.54, 1.807) is 0 Å². The van der Waals surface area contributed by atoms with E-state index >= 15 is 0 Å². The van der Waals surface area contributed by atoms with E-state index < -0.39 is 17.5 Å². The van der Waals surface area contributed by atoms with Crippen LogP contribution in [0.3, 0.4) is 0 Å². The van der Waals surface area contributed by atoms with E-state index in [1.165, 1.54) is 0 Å². The second kappa shape index (κ2) is 3.62. The second-order valence-corrected chi connectivity index (χ2v) is 1.09. The number of rotatable bonds is 2. The lowest BCUT2D eigenvalue weighted by molar-refractivity contribution is -0.140. The number of hydrogen-bond donors (Lipinski definition) is 3. The molecule has 0 aromatic rings. The predicted octanol–water partition coefficient (Wildman–Crippen LogP) is -0.126. The average molecular weight is 133 g/mol. The van der Waals surface area contributed by atoms with Crippen LogP contribution in [0.5, 0.6) is 0 Å². The maximum Gasteiger partial charge on any atom is 0.342 e. The normalized spacial score (nSPS) is 7.11. The van der Waals surface area contributed by atoms with Gasteiger partial charge in [-0.05, 0) is 0 Å². The standard InChI is InChI=1S/C4H4O4.H3N/c1-2(3(5)6)4(7)8;/h1H2,(H,5,6)(H,7,8);1H3. The Balaban J connectivity index is 0. The summed E-state index contributed by atoms with van der Waals surface area (Å²) in [5, 5.41) is 15.7. The molecule has 0 spiro atoms. The summed E-state index contributed by atoms with van der Waals surface area (Å²) >= 11 is 0. The van der Waals surface area contributed by atoms with Gasteiger partial charge in [-0.2, -0.15) is 0 Å². The van der Waals surface area contributed by atoms with Crippen LogP contribution in [0.4, 0.5) is 0 Å². The van der Waals surface area contributed by atoms with E-state index in [-0.39, 0.29) is 6.15 Å². The third-order valence-corrected chi connectivity index (χ3v) is 0.516. The first-order chi connectivity index (χ1) is 3.55. The molecule has 0 aliphatic rings. The molecule has 0 aliphatic carbocycles. The van der Waals surface area contributed by atoms with Crippen molar-refractivity contribution in [3.05, 3.63) is 12.2 Å². The molecule has 9 heavy (non-hydrogen) atoms. The van der Waals surface area contributed by atoms with Crippen LogP contribution in [-0.4, -0.2) is 22.2 Å². The molecule has 0 atom stereocenters. The van der Waals surface area contributed by atoms with Crippen LogP contribution in [0, 0.1) is 0 Å². The zero-order valence-corrected chi connectivity index (χ0v) is 4.63. The Hall–Kier alpha value is -1.36. The molecule has 0 radical (unpaired) electrons. The largest absolute Gasteiger partial charge is 0.477 e. The zero-order valence-electron chi connectivity index (χ0n) is 4.63. The Labute approximate surface area is 51.2 Å². The molecule has 0 fully saturated rings. The monoisotopic (exact) mass is 133 g/mol. The molecule has 0 heterocycles. The van der Waals surface area contributed by atoms with Crippen molar-refractivity contribution in [2.45, 2.75) is 0 Å². The second-order valence-electron chi connectivity index (χ2n) is 1.09. The fourth-order valence-electron chi connectivity index (χ4n) is 0.0915. The van der Waals surface area contributed by atoms with Crippen LogP contribution in [0.1, 0.15) is 0 Å².